The third kappa shape index (κ3) is 4.41. The molecule has 0 saturated carbocycles. The van der Waals surface area contributed by atoms with Gasteiger partial charge in [-0.15, -0.1) is 0 Å². The summed E-state index contributed by atoms with van der Waals surface area (Å²) >= 11 is 13.0. The molecule has 3 amide bonds. The Morgan fingerprint density at radius 2 is 1.70 bits per heavy atom. The summed E-state index contributed by atoms with van der Waals surface area (Å²) in [6, 6.07) is 11.7. The summed E-state index contributed by atoms with van der Waals surface area (Å²) in [5.41, 5.74) is 2.57. The van der Waals surface area contributed by atoms with Gasteiger partial charge in [0.05, 0.1) is 16.6 Å². The number of halogens is 2. The fraction of sp³-hybridized carbons (Fsp3) is 0.222. The number of fused-ring (bicyclic) bond motifs is 5. The number of carbonyl (C=O) groups excluding carboxylic acids is 3. The van der Waals surface area contributed by atoms with Crippen LogP contribution in [-0.2, 0) is 11.3 Å². The number of aromatic hydroxyl groups is 1. The second kappa shape index (κ2) is 9.70. The predicted molar refractivity (Wildman–Crippen MR) is 145 cm³/mol. The van der Waals surface area contributed by atoms with Crippen LogP contribution in [0.5, 0.6) is 5.75 Å². The molecule has 0 bridgehead atoms. The second-order valence-electron chi connectivity index (χ2n) is 9.20. The number of carbonyl (C=O) groups is 3. The Labute approximate surface area is 222 Å². The first kappa shape index (κ1) is 25.1. The zero-order valence-corrected chi connectivity index (χ0v) is 21.7. The van der Waals surface area contributed by atoms with Gasteiger partial charge >= 0.3 is 0 Å². The Balaban J connectivity index is 1.73. The first-order valence-electron chi connectivity index (χ1n) is 11.7. The molecular formula is C27H24Cl2N4O4. The molecule has 0 fully saturated rings. The molecule has 3 N–H and O–H groups in total. The van der Waals surface area contributed by atoms with E-state index in [9.17, 15) is 19.5 Å². The van der Waals surface area contributed by atoms with Gasteiger partial charge in [-0.3, -0.25) is 19.7 Å². The minimum Gasteiger partial charge on any atom is -0.508 e. The van der Waals surface area contributed by atoms with E-state index in [1.807, 2.05) is 23.6 Å². The van der Waals surface area contributed by atoms with E-state index in [1.54, 1.807) is 42.5 Å². The zero-order chi connectivity index (χ0) is 26.4. The summed E-state index contributed by atoms with van der Waals surface area (Å²) in [6.07, 6.45) is 0.192. The van der Waals surface area contributed by atoms with Crippen LogP contribution in [0, 0.1) is 0 Å². The fourth-order valence-electron chi connectivity index (χ4n) is 4.85. The number of hydrogen-bond donors (Lipinski definition) is 3. The number of rotatable bonds is 7. The SMILES string of the molecule is CN(C)CCNC(=O)CCn1c2ccc(O)cc2c2c3c(c(-c4c(Cl)cccc4Cl)cc21)C(=O)NC3=O. The van der Waals surface area contributed by atoms with Gasteiger partial charge < -0.3 is 19.9 Å². The Bertz CT molecular complexity index is 1590. The lowest BCUT2D eigenvalue weighted by Gasteiger charge is -2.14. The topological polar surface area (TPSA) is 104 Å². The lowest BCUT2D eigenvalue weighted by molar-refractivity contribution is -0.121. The summed E-state index contributed by atoms with van der Waals surface area (Å²) in [7, 11) is 3.86. The Morgan fingerprint density at radius 3 is 2.41 bits per heavy atom. The lowest BCUT2D eigenvalue weighted by atomic mass is 9.92. The number of hydrogen-bond acceptors (Lipinski definition) is 5. The van der Waals surface area contributed by atoms with Crippen molar-refractivity contribution in [3.63, 3.8) is 0 Å². The number of imide groups is 1. The molecule has 1 aliphatic rings. The average molecular weight is 539 g/mol. The fourth-order valence-corrected chi connectivity index (χ4v) is 5.45. The molecule has 0 spiro atoms. The molecule has 37 heavy (non-hydrogen) atoms. The quantitative estimate of drug-likeness (QED) is 0.302. The van der Waals surface area contributed by atoms with Gasteiger partial charge in [0.25, 0.3) is 11.8 Å². The van der Waals surface area contributed by atoms with Gasteiger partial charge in [0.15, 0.2) is 0 Å². The molecule has 8 nitrogen and oxygen atoms in total. The van der Waals surface area contributed by atoms with Crippen LogP contribution >= 0.6 is 23.2 Å². The number of phenolic OH excluding ortho intramolecular Hbond substituents is 1. The molecule has 0 radical (unpaired) electrons. The molecule has 2 heterocycles. The van der Waals surface area contributed by atoms with Crippen molar-refractivity contribution in [1.29, 1.82) is 0 Å². The van der Waals surface area contributed by atoms with E-state index in [0.29, 0.717) is 56.1 Å². The van der Waals surface area contributed by atoms with Gasteiger partial charge in [0, 0.05) is 63.5 Å². The molecule has 190 valence electrons. The van der Waals surface area contributed by atoms with Crippen LogP contribution < -0.4 is 10.6 Å². The number of phenols is 1. The van der Waals surface area contributed by atoms with Gasteiger partial charge in [0.1, 0.15) is 5.75 Å². The van der Waals surface area contributed by atoms with Gasteiger partial charge in [-0.1, -0.05) is 29.3 Å². The molecule has 5 rings (SSSR count). The van der Waals surface area contributed by atoms with Gasteiger partial charge in [-0.25, -0.2) is 0 Å². The highest BCUT2D eigenvalue weighted by Gasteiger charge is 2.35. The first-order valence-corrected chi connectivity index (χ1v) is 12.5. The molecule has 0 saturated heterocycles. The van der Waals surface area contributed by atoms with Gasteiger partial charge in [-0.05, 0) is 50.5 Å². The van der Waals surface area contributed by atoms with Crippen LogP contribution in [0.3, 0.4) is 0 Å². The summed E-state index contributed by atoms with van der Waals surface area (Å²) in [5, 5.41) is 17.3. The number of aromatic nitrogens is 1. The predicted octanol–water partition coefficient (Wildman–Crippen LogP) is 4.43. The molecule has 0 unspecified atom stereocenters. The monoisotopic (exact) mass is 538 g/mol. The lowest BCUT2D eigenvalue weighted by Crippen LogP contribution is -2.31. The van der Waals surface area contributed by atoms with E-state index in [2.05, 4.69) is 10.6 Å². The van der Waals surface area contributed by atoms with Crippen LogP contribution in [0.4, 0.5) is 0 Å². The zero-order valence-electron chi connectivity index (χ0n) is 20.2. The minimum absolute atomic E-state index is 0.0182. The van der Waals surface area contributed by atoms with Crippen molar-refractivity contribution in [2.75, 3.05) is 27.2 Å². The van der Waals surface area contributed by atoms with E-state index >= 15 is 0 Å². The van der Waals surface area contributed by atoms with Crippen molar-refractivity contribution in [1.82, 2.24) is 20.1 Å². The number of aryl methyl sites for hydroxylation is 1. The Hall–Kier alpha value is -3.59. The molecule has 1 aliphatic heterocycles. The van der Waals surface area contributed by atoms with Crippen LogP contribution in [0.25, 0.3) is 32.9 Å². The van der Waals surface area contributed by atoms with Gasteiger partial charge in [0.2, 0.25) is 5.91 Å². The molecule has 1 aromatic heterocycles. The third-order valence-electron chi connectivity index (χ3n) is 6.49. The number of amides is 3. The number of nitrogens with one attached hydrogen (secondary N) is 2. The summed E-state index contributed by atoms with van der Waals surface area (Å²) in [5.74, 6) is -1.18. The molecular weight excluding hydrogens is 515 g/mol. The van der Waals surface area contributed by atoms with Crippen LogP contribution in [0.1, 0.15) is 27.1 Å². The largest absolute Gasteiger partial charge is 0.508 e. The highest BCUT2D eigenvalue weighted by molar-refractivity contribution is 6.41. The summed E-state index contributed by atoms with van der Waals surface area (Å²) in [6.45, 7) is 1.55. The standard InChI is InChI=1S/C27H24Cl2N4O4/c1-32(2)11-9-30-21(35)8-10-33-19-7-6-14(34)12-15(19)23-20(33)13-16(22-17(28)4-3-5-18(22)29)24-25(23)27(37)31-26(24)36/h3-7,12-13,34H,8-11H2,1-2H3,(H,30,35)(H,31,36,37). The van der Waals surface area contributed by atoms with Gasteiger partial charge in [-0.2, -0.15) is 0 Å². The second-order valence-corrected chi connectivity index (χ2v) is 10.0. The smallest absolute Gasteiger partial charge is 0.259 e. The molecule has 4 aromatic rings. The van der Waals surface area contributed by atoms with Crippen LogP contribution in [0.15, 0.2) is 42.5 Å². The number of nitrogens with zero attached hydrogens (tertiary/aromatic N) is 2. The average Bonchev–Trinajstić information content (AvgIpc) is 3.30. The van der Waals surface area contributed by atoms with Crippen molar-refractivity contribution < 1.29 is 19.5 Å². The minimum atomic E-state index is -0.547. The van der Waals surface area contributed by atoms with Crippen molar-refractivity contribution in [2.24, 2.45) is 0 Å². The maximum absolute atomic E-state index is 13.1. The number of likely N-dealkylation sites (N-methyl/N-ethyl adjacent to an activating group) is 1. The maximum Gasteiger partial charge on any atom is 0.259 e. The maximum atomic E-state index is 13.1. The van der Waals surface area contributed by atoms with Crippen LogP contribution in [-0.4, -0.2) is 59.5 Å². The summed E-state index contributed by atoms with van der Waals surface area (Å²) < 4.78 is 1.92. The Kier molecular flexibility index (Phi) is 6.58. The van der Waals surface area contributed by atoms with E-state index in [0.717, 1.165) is 6.54 Å². The molecule has 3 aromatic carbocycles. The van der Waals surface area contributed by atoms with E-state index < -0.39 is 11.8 Å². The van der Waals surface area contributed by atoms with E-state index in [-0.39, 0.29) is 29.2 Å². The highest BCUT2D eigenvalue weighted by atomic mass is 35.5. The Morgan fingerprint density at radius 1 is 1.00 bits per heavy atom. The highest BCUT2D eigenvalue weighted by Crippen LogP contribution is 2.44. The van der Waals surface area contributed by atoms with E-state index in [1.165, 1.54) is 0 Å². The summed E-state index contributed by atoms with van der Waals surface area (Å²) in [4.78, 5) is 40.6. The van der Waals surface area contributed by atoms with Crippen molar-refractivity contribution >= 4 is 62.7 Å². The number of benzene rings is 3. The first-order chi connectivity index (χ1) is 17.7. The van der Waals surface area contributed by atoms with Crippen LogP contribution in [0.2, 0.25) is 10.0 Å². The van der Waals surface area contributed by atoms with Crippen molar-refractivity contribution in [3.8, 4) is 16.9 Å². The molecule has 10 heteroatoms. The molecule has 0 atom stereocenters. The third-order valence-corrected chi connectivity index (χ3v) is 7.12. The normalized spacial score (nSPS) is 13.0. The van der Waals surface area contributed by atoms with Crippen molar-refractivity contribution in [3.05, 3.63) is 63.6 Å². The van der Waals surface area contributed by atoms with E-state index in [4.69, 9.17) is 23.2 Å². The van der Waals surface area contributed by atoms with Crippen molar-refractivity contribution in [2.45, 2.75) is 13.0 Å². The molecule has 0 aliphatic carbocycles.